The number of methoxy groups -OCH3 is 1. The van der Waals surface area contributed by atoms with Crippen molar-refractivity contribution in [1.29, 1.82) is 0 Å². The van der Waals surface area contributed by atoms with Gasteiger partial charge >= 0.3 is 6.18 Å². The Kier molecular flexibility index (Phi) is 5.61. The summed E-state index contributed by atoms with van der Waals surface area (Å²) in [6.07, 6.45) is -6.06. The van der Waals surface area contributed by atoms with Gasteiger partial charge in [-0.05, 0) is 23.6 Å². The molecule has 3 aromatic rings. The van der Waals surface area contributed by atoms with E-state index in [9.17, 15) is 21.6 Å². The molecule has 1 aromatic carbocycles. The highest BCUT2D eigenvalue weighted by molar-refractivity contribution is 7.92. The van der Waals surface area contributed by atoms with Crippen LogP contribution in [0.1, 0.15) is 6.42 Å². The Bertz CT molecular complexity index is 1050. The van der Waals surface area contributed by atoms with Crippen molar-refractivity contribution in [2.75, 3.05) is 17.6 Å². The number of benzene rings is 1. The summed E-state index contributed by atoms with van der Waals surface area (Å²) in [7, 11) is -2.86. The zero-order valence-corrected chi connectivity index (χ0v) is 16.1. The maximum Gasteiger partial charge on any atom is 0.390 e. The minimum Gasteiger partial charge on any atom is -0.495 e. The van der Waals surface area contributed by atoms with Crippen LogP contribution in [0.2, 0.25) is 0 Å². The number of anilines is 1. The Morgan fingerprint density at radius 1 is 1.18 bits per heavy atom. The van der Waals surface area contributed by atoms with Crippen molar-refractivity contribution < 1.29 is 26.3 Å². The first-order valence-electron chi connectivity index (χ1n) is 7.90. The standard InChI is InChI=1S/C16H15F3N4O3S2/c1-26-12-6-3-2-5-11(12)23-14(13-7-4-9-27-13)20-21-15(23)22-28(24,25)10-8-16(17,18)19/h2-7,9H,8,10H2,1H3,(H,21,22). The van der Waals surface area contributed by atoms with Crippen LogP contribution in [0.5, 0.6) is 5.75 Å². The number of para-hydroxylation sites is 2. The number of nitrogens with one attached hydrogen (secondary N) is 1. The third-order valence-electron chi connectivity index (χ3n) is 3.63. The van der Waals surface area contributed by atoms with Crippen LogP contribution in [-0.4, -0.2) is 42.2 Å². The molecule has 0 spiro atoms. The van der Waals surface area contributed by atoms with Crippen molar-refractivity contribution in [3.63, 3.8) is 0 Å². The van der Waals surface area contributed by atoms with Gasteiger partial charge < -0.3 is 4.74 Å². The van der Waals surface area contributed by atoms with Gasteiger partial charge in [0.05, 0.1) is 29.8 Å². The molecule has 0 saturated heterocycles. The quantitative estimate of drug-likeness (QED) is 0.615. The number of sulfonamides is 1. The topological polar surface area (TPSA) is 86.1 Å². The Morgan fingerprint density at radius 2 is 1.93 bits per heavy atom. The van der Waals surface area contributed by atoms with E-state index >= 15 is 0 Å². The second-order valence-corrected chi connectivity index (χ2v) is 8.41. The average Bonchev–Trinajstić information content (AvgIpc) is 3.29. The Labute approximate surface area is 162 Å². The second-order valence-electron chi connectivity index (χ2n) is 5.62. The normalized spacial score (nSPS) is 12.1. The Morgan fingerprint density at radius 3 is 2.57 bits per heavy atom. The van der Waals surface area contributed by atoms with Crippen LogP contribution in [0, 0.1) is 0 Å². The SMILES string of the molecule is COc1ccccc1-n1c(NS(=O)(=O)CCC(F)(F)F)nnc1-c1cccs1. The first-order valence-corrected chi connectivity index (χ1v) is 10.4. The van der Waals surface area contributed by atoms with E-state index in [2.05, 4.69) is 14.9 Å². The molecule has 0 amide bonds. The molecule has 0 bridgehead atoms. The number of hydrogen-bond acceptors (Lipinski definition) is 6. The van der Waals surface area contributed by atoms with Crippen LogP contribution in [0.4, 0.5) is 19.1 Å². The highest BCUT2D eigenvalue weighted by Crippen LogP contribution is 2.33. The largest absolute Gasteiger partial charge is 0.495 e. The lowest BCUT2D eigenvalue weighted by Crippen LogP contribution is -2.23. The van der Waals surface area contributed by atoms with Crippen molar-refractivity contribution in [3.8, 4) is 22.1 Å². The van der Waals surface area contributed by atoms with Gasteiger partial charge in [0.2, 0.25) is 16.0 Å². The van der Waals surface area contributed by atoms with Gasteiger partial charge in [-0.2, -0.15) is 13.2 Å². The number of thiophene rings is 1. The number of ether oxygens (including phenoxy) is 1. The van der Waals surface area contributed by atoms with E-state index in [1.807, 2.05) is 5.38 Å². The number of rotatable bonds is 7. The minimum absolute atomic E-state index is 0.227. The van der Waals surface area contributed by atoms with Crippen LogP contribution in [-0.2, 0) is 10.0 Å². The number of alkyl halides is 3. The van der Waals surface area contributed by atoms with Crippen LogP contribution in [0.25, 0.3) is 16.4 Å². The smallest absolute Gasteiger partial charge is 0.390 e. The van der Waals surface area contributed by atoms with Gasteiger partial charge in [-0.15, -0.1) is 21.5 Å². The fraction of sp³-hybridized carbons (Fsp3) is 0.250. The van der Waals surface area contributed by atoms with Gasteiger partial charge in [-0.1, -0.05) is 18.2 Å². The summed E-state index contributed by atoms with van der Waals surface area (Å²) in [5, 5.41) is 9.68. The monoisotopic (exact) mass is 432 g/mol. The van der Waals surface area contributed by atoms with E-state index in [-0.39, 0.29) is 5.95 Å². The molecule has 0 aliphatic rings. The summed E-state index contributed by atoms with van der Waals surface area (Å²) in [6.45, 7) is 0. The molecule has 0 atom stereocenters. The maximum atomic E-state index is 12.4. The zero-order chi connectivity index (χ0) is 20.4. The van der Waals surface area contributed by atoms with Crippen molar-refractivity contribution in [2.45, 2.75) is 12.6 Å². The van der Waals surface area contributed by atoms with Crippen molar-refractivity contribution in [1.82, 2.24) is 14.8 Å². The van der Waals surface area contributed by atoms with Gasteiger partial charge in [0.15, 0.2) is 5.82 Å². The van der Waals surface area contributed by atoms with E-state index < -0.39 is 28.4 Å². The highest BCUT2D eigenvalue weighted by atomic mass is 32.2. The number of hydrogen-bond donors (Lipinski definition) is 1. The second kappa shape index (κ2) is 7.80. The molecule has 0 radical (unpaired) electrons. The summed E-state index contributed by atoms with van der Waals surface area (Å²) in [6, 6.07) is 10.3. The molecule has 150 valence electrons. The lowest BCUT2D eigenvalue weighted by Gasteiger charge is -2.14. The summed E-state index contributed by atoms with van der Waals surface area (Å²) in [5.41, 5.74) is 0.437. The summed E-state index contributed by atoms with van der Waals surface area (Å²) >= 11 is 1.35. The lowest BCUT2D eigenvalue weighted by atomic mass is 10.3. The van der Waals surface area contributed by atoms with Gasteiger partial charge in [0.1, 0.15) is 5.75 Å². The molecular formula is C16H15F3N4O3S2. The van der Waals surface area contributed by atoms with E-state index in [1.165, 1.54) is 23.0 Å². The third-order valence-corrected chi connectivity index (χ3v) is 5.73. The predicted molar refractivity (Wildman–Crippen MR) is 99.3 cm³/mol. The maximum absolute atomic E-state index is 12.4. The average molecular weight is 432 g/mol. The van der Waals surface area contributed by atoms with E-state index in [0.29, 0.717) is 22.1 Å². The molecule has 0 saturated carbocycles. The summed E-state index contributed by atoms with van der Waals surface area (Å²) in [4.78, 5) is 0.694. The van der Waals surface area contributed by atoms with Crippen molar-refractivity contribution >= 4 is 27.3 Å². The molecule has 2 aromatic heterocycles. The molecule has 0 fully saturated rings. The molecule has 0 unspecified atom stereocenters. The number of halogens is 3. The minimum atomic E-state index is -4.59. The van der Waals surface area contributed by atoms with Crippen LogP contribution < -0.4 is 9.46 Å². The molecule has 0 aliphatic heterocycles. The van der Waals surface area contributed by atoms with Crippen LogP contribution >= 0.6 is 11.3 Å². The Balaban J connectivity index is 2.05. The third kappa shape index (κ3) is 4.62. The molecular weight excluding hydrogens is 417 g/mol. The Hall–Kier alpha value is -2.60. The lowest BCUT2D eigenvalue weighted by molar-refractivity contribution is -0.129. The fourth-order valence-electron chi connectivity index (χ4n) is 2.40. The first-order chi connectivity index (χ1) is 13.2. The number of aromatic nitrogens is 3. The van der Waals surface area contributed by atoms with Crippen LogP contribution in [0.3, 0.4) is 0 Å². The predicted octanol–water partition coefficient (Wildman–Crippen LogP) is 3.70. The molecule has 3 rings (SSSR count). The molecule has 0 aliphatic carbocycles. The van der Waals surface area contributed by atoms with Gasteiger partial charge in [-0.25, -0.2) is 8.42 Å². The molecule has 7 nitrogen and oxygen atoms in total. The van der Waals surface area contributed by atoms with Gasteiger partial charge in [-0.3, -0.25) is 9.29 Å². The fourth-order valence-corrected chi connectivity index (χ4v) is 4.11. The summed E-state index contributed by atoms with van der Waals surface area (Å²) < 4.78 is 70.4. The van der Waals surface area contributed by atoms with Gasteiger partial charge in [0, 0.05) is 0 Å². The van der Waals surface area contributed by atoms with E-state index in [1.54, 1.807) is 36.4 Å². The zero-order valence-electron chi connectivity index (χ0n) is 14.5. The first kappa shape index (κ1) is 20.1. The highest BCUT2D eigenvalue weighted by Gasteiger charge is 2.31. The van der Waals surface area contributed by atoms with E-state index in [4.69, 9.17) is 4.74 Å². The number of nitrogens with zero attached hydrogens (tertiary/aromatic N) is 3. The summed E-state index contributed by atoms with van der Waals surface area (Å²) in [5.74, 6) is -0.609. The van der Waals surface area contributed by atoms with E-state index in [0.717, 1.165) is 0 Å². The molecule has 12 heteroatoms. The van der Waals surface area contributed by atoms with Crippen LogP contribution in [0.15, 0.2) is 41.8 Å². The van der Waals surface area contributed by atoms with Crippen molar-refractivity contribution in [3.05, 3.63) is 41.8 Å². The molecule has 2 heterocycles. The van der Waals surface area contributed by atoms with Gasteiger partial charge in [0.25, 0.3) is 0 Å². The van der Waals surface area contributed by atoms with Crippen molar-refractivity contribution in [2.24, 2.45) is 0 Å². The molecule has 28 heavy (non-hydrogen) atoms. The molecule has 1 N–H and O–H groups in total.